The van der Waals surface area contributed by atoms with E-state index >= 15 is 0 Å². The van der Waals surface area contributed by atoms with E-state index < -0.39 is 12.2 Å². The van der Waals surface area contributed by atoms with Crippen LogP contribution in [0.4, 0.5) is 0 Å². The third kappa shape index (κ3) is 4.75. The molecule has 2 rings (SSSR count). The highest BCUT2D eigenvalue weighted by Gasteiger charge is 2.18. The first-order valence-corrected chi connectivity index (χ1v) is 7.79. The van der Waals surface area contributed by atoms with Crippen LogP contribution >= 0.6 is 0 Å². The highest BCUT2D eigenvalue weighted by molar-refractivity contribution is 6.08. The minimum Gasteiger partial charge on any atom is -0.390 e. The number of rotatable bonds is 7. The van der Waals surface area contributed by atoms with Crippen molar-refractivity contribution in [3.05, 3.63) is 71.3 Å². The Hall–Kier alpha value is -2.50. The van der Waals surface area contributed by atoms with Crippen molar-refractivity contribution in [2.45, 2.75) is 25.6 Å². The summed E-state index contributed by atoms with van der Waals surface area (Å²) < 4.78 is 0. The van der Waals surface area contributed by atoms with Crippen LogP contribution < -0.4 is 5.32 Å². The molecule has 2 aromatic rings. The zero-order chi connectivity index (χ0) is 17.5. The van der Waals surface area contributed by atoms with E-state index in [-0.39, 0.29) is 24.7 Å². The quantitative estimate of drug-likeness (QED) is 0.677. The minimum atomic E-state index is -1.07. The van der Waals surface area contributed by atoms with Gasteiger partial charge in [-0.2, -0.15) is 0 Å². The first-order valence-electron chi connectivity index (χ1n) is 7.79. The van der Waals surface area contributed by atoms with E-state index in [2.05, 4.69) is 5.32 Å². The first kappa shape index (κ1) is 17.8. The van der Waals surface area contributed by atoms with Crippen molar-refractivity contribution in [2.24, 2.45) is 0 Å². The van der Waals surface area contributed by atoms with Crippen molar-refractivity contribution in [3.8, 4) is 0 Å². The van der Waals surface area contributed by atoms with Crippen LogP contribution in [-0.4, -0.2) is 34.6 Å². The number of benzene rings is 2. The predicted molar refractivity (Wildman–Crippen MR) is 90.6 cm³/mol. The number of aliphatic hydroxyl groups excluding tert-OH is 2. The molecule has 0 heterocycles. The van der Waals surface area contributed by atoms with E-state index in [0.717, 1.165) is 0 Å². The molecule has 0 radical (unpaired) electrons. The lowest BCUT2D eigenvalue weighted by Gasteiger charge is -2.18. The van der Waals surface area contributed by atoms with Crippen molar-refractivity contribution in [1.82, 2.24) is 5.32 Å². The largest absolute Gasteiger partial charge is 0.390 e. The van der Waals surface area contributed by atoms with E-state index in [9.17, 15) is 19.8 Å². The summed E-state index contributed by atoms with van der Waals surface area (Å²) in [4.78, 5) is 23.1. The fraction of sp³-hybridized carbons (Fsp3) is 0.263. The molecule has 3 N–H and O–H groups in total. The van der Waals surface area contributed by atoms with E-state index in [1.165, 1.54) is 6.92 Å². The summed E-state index contributed by atoms with van der Waals surface area (Å²) in [5.74, 6) is -0.275. The highest BCUT2D eigenvalue weighted by atomic mass is 16.3. The van der Waals surface area contributed by atoms with E-state index in [4.69, 9.17) is 0 Å². The van der Waals surface area contributed by atoms with E-state index in [0.29, 0.717) is 16.7 Å². The number of hydrogen-bond acceptors (Lipinski definition) is 4. The summed E-state index contributed by atoms with van der Waals surface area (Å²) >= 11 is 0. The summed E-state index contributed by atoms with van der Waals surface area (Å²) in [6.07, 6.45) is -1.82. The fourth-order valence-corrected chi connectivity index (χ4v) is 2.36. The van der Waals surface area contributed by atoms with Gasteiger partial charge in [-0.15, -0.1) is 0 Å². The second kappa shape index (κ2) is 8.38. The van der Waals surface area contributed by atoms with Gasteiger partial charge in [-0.25, -0.2) is 0 Å². The average Bonchev–Trinajstić information content (AvgIpc) is 2.61. The van der Waals surface area contributed by atoms with Gasteiger partial charge in [-0.05, 0) is 12.0 Å². The van der Waals surface area contributed by atoms with Crippen molar-refractivity contribution in [1.29, 1.82) is 0 Å². The lowest BCUT2D eigenvalue weighted by Crippen LogP contribution is -2.27. The molecule has 2 aromatic carbocycles. The van der Waals surface area contributed by atoms with E-state index in [1.807, 2.05) is 6.07 Å². The molecule has 2 unspecified atom stereocenters. The van der Waals surface area contributed by atoms with Gasteiger partial charge in [0.2, 0.25) is 5.91 Å². The molecule has 0 aromatic heterocycles. The lowest BCUT2D eigenvalue weighted by atomic mass is 9.98. The zero-order valence-corrected chi connectivity index (χ0v) is 13.5. The van der Waals surface area contributed by atoms with Crippen molar-refractivity contribution < 1.29 is 19.8 Å². The Morgan fingerprint density at radius 1 is 0.958 bits per heavy atom. The van der Waals surface area contributed by atoms with E-state index in [1.54, 1.807) is 48.5 Å². The van der Waals surface area contributed by atoms with Crippen molar-refractivity contribution in [3.63, 3.8) is 0 Å². The van der Waals surface area contributed by atoms with Gasteiger partial charge in [-0.1, -0.05) is 54.6 Å². The zero-order valence-electron chi connectivity index (χ0n) is 13.5. The molecule has 5 nitrogen and oxygen atoms in total. The molecule has 5 heteroatoms. The molecule has 1 amide bonds. The van der Waals surface area contributed by atoms with Gasteiger partial charge >= 0.3 is 0 Å². The van der Waals surface area contributed by atoms with Crippen LogP contribution in [0.5, 0.6) is 0 Å². The number of aliphatic hydroxyl groups is 2. The third-order valence-electron chi connectivity index (χ3n) is 3.73. The molecule has 0 bridgehead atoms. The Labute approximate surface area is 141 Å². The Balaban J connectivity index is 2.00. The maximum absolute atomic E-state index is 12.3. The summed E-state index contributed by atoms with van der Waals surface area (Å²) in [5, 5.41) is 22.7. The van der Waals surface area contributed by atoms with Gasteiger partial charge in [0.25, 0.3) is 0 Å². The molecule has 0 aliphatic rings. The van der Waals surface area contributed by atoms with Crippen LogP contribution in [0.15, 0.2) is 54.6 Å². The number of carbonyl (C=O) groups excluding carboxylic acids is 2. The van der Waals surface area contributed by atoms with Crippen LogP contribution in [0.25, 0.3) is 0 Å². The third-order valence-corrected chi connectivity index (χ3v) is 3.73. The predicted octanol–water partition coefficient (Wildman–Crippen LogP) is 1.84. The standard InChI is InChI=1S/C19H21NO4/c1-13(21)20-12-11-17(22)19(24)16-9-7-15(8-10-16)18(23)14-5-3-2-4-6-14/h2-10,17,19,22,24H,11-12H2,1H3,(H,20,21). The van der Waals surface area contributed by atoms with Crippen molar-refractivity contribution in [2.75, 3.05) is 6.54 Å². The highest BCUT2D eigenvalue weighted by Crippen LogP contribution is 2.20. The van der Waals surface area contributed by atoms with Gasteiger partial charge in [0.15, 0.2) is 5.78 Å². The van der Waals surface area contributed by atoms with Crippen LogP contribution in [0.3, 0.4) is 0 Å². The maximum Gasteiger partial charge on any atom is 0.216 e. The Morgan fingerprint density at radius 3 is 2.12 bits per heavy atom. The van der Waals surface area contributed by atoms with Gasteiger partial charge in [-0.3, -0.25) is 9.59 Å². The smallest absolute Gasteiger partial charge is 0.216 e. The molecule has 24 heavy (non-hydrogen) atoms. The fourth-order valence-electron chi connectivity index (χ4n) is 2.36. The first-order chi connectivity index (χ1) is 11.5. The second-order valence-corrected chi connectivity index (χ2v) is 5.60. The van der Waals surface area contributed by atoms with Gasteiger partial charge < -0.3 is 15.5 Å². The Kier molecular flexibility index (Phi) is 6.23. The van der Waals surface area contributed by atoms with Gasteiger partial charge in [0.05, 0.1) is 6.10 Å². The molecule has 2 atom stereocenters. The van der Waals surface area contributed by atoms with Crippen LogP contribution in [-0.2, 0) is 4.79 Å². The van der Waals surface area contributed by atoms with Gasteiger partial charge in [0, 0.05) is 24.6 Å². The number of ketones is 1. The van der Waals surface area contributed by atoms with Crippen LogP contribution in [0.1, 0.15) is 40.9 Å². The molecule has 0 saturated carbocycles. The topological polar surface area (TPSA) is 86.6 Å². The summed E-state index contributed by atoms with van der Waals surface area (Å²) in [6, 6.07) is 15.5. The average molecular weight is 327 g/mol. The molecule has 0 spiro atoms. The molecule has 0 saturated heterocycles. The Morgan fingerprint density at radius 2 is 1.54 bits per heavy atom. The summed E-state index contributed by atoms with van der Waals surface area (Å²) in [6.45, 7) is 1.68. The molecule has 0 aliphatic carbocycles. The SMILES string of the molecule is CC(=O)NCCC(O)C(O)c1ccc(C(=O)c2ccccc2)cc1. The minimum absolute atomic E-state index is 0.0946. The number of carbonyl (C=O) groups is 2. The van der Waals surface area contributed by atoms with Crippen molar-refractivity contribution >= 4 is 11.7 Å². The lowest BCUT2D eigenvalue weighted by molar-refractivity contribution is -0.119. The molecule has 0 fully saturated rings. The molecule has 0 aliphatic heterocycles. The van der Waals surface area contributed by atoms with Gasteiger partial charge in [0.1, 0.15) is 6.10 Å². The number of nitrogens with one attached hydrogen (secondary N) is 1. The summed E-state index contributed by atoms with van der Waals surface area (Å²) in [5.41, 5.74) is 1.64. The molecular formula is C19H21NO4. The van der Waals surface area contributed by atoms with Crippen LogP contribution in [0, 0.1) is 0 Å². The molecule has 126 valence electrons. The summed E-state index contributed by atoms with van der Waals surface area (Å²) in [7, 11) is 0. The Bertz CT molecular complexity index is 682. The molecular weight excluding hydrogens is 306 g/mol. The monoisotopic (exact) mass is 327 g/mol. The number of amides is 1. The van der Waals surface area contributed by atoms with Crippen LogP contribution in [0.2, 0.25) is 0 Å². The normalized spacial score (nSPS) is 13.1. The number of hydrogen-bond donors (Lipinski definition) is 3. The second-order valence-electron chi connectivity index (χ2n) is 5.60. The maximum atomic E-state index is 12.3.